The number of anilines is 2. The van der Waals surface area contributed by atoms with Crippen molar-refractivity contribution < 1.29 is 14.3 Å². The van der Waals surface area contributed by atoms with E-state index in [0.717, 1.165) is 5.69 Å². The average Bonchev–Trinajstić information content (AvgIpc) is 3.10. The Balaban J connectivity index is 1.61. The quantitative estimate of drug-likeness (QED) is 0.701. The van der Waals surface area contributed by atoms with Crippen LogP contribution in [0.25, 0.3) is 5.69 Å². The Morgan fingerprint density at radius 2 is 1.61 bits per heavy atom. The van der Waals surface area contributed by atoms with Crippen LogP contribution in [0.5, 0.6) is 0 Å². The third-order valence-electron chi connectivity index (χ3n) is 3.64. The molecule has 2 N–H and O–H groups in total. The lowest BCUT2D eigenvalue weighted by atomic mass is 10.2. The predicted molar refractivity (Wildman–Crippen MR) is 108 cm³/mol. The van der Waals surface area contributed by atoms with Gasteiger partial charge in [-0.05, 0) is 57.2 Å². The number of nitrogens with one attached hydrogen (secondary N) is 2. The molecule has 0 radical (unpaired) electrons. The molecule has 28 heavy (non-hydrogen) atoms. The van der Waals surface area contributed by atoms with Crippen molar-refractivity contribution >= 4 is 23.5 Å². The van der Waals surface area contributed by atoms with Crippen LogP contribution in [0, 0.1) is 0 Å². The Kier molecular flexibility index (Phi) is 5.44. The van der Waals surface area contributed by atoms with Crippen LogP contribution >= 0.6 is 0 Å². The third-order valence-corrected chi connectivity index (χ3v) is 3.64. The van der Waals surface area contributed by atoms with Crippen molar-refractivity contribution in [1.82, 2.24) is 9.78 Å². The molecule has 3 aromatic rings. The van der Waals surface area contributed by atoms with Gasteiger partial charge in [0.1, 0.15) is 5.60 Å². The molecule has 0 bridgehead atoms. The Hall–Kier alpha value is -3.61. The highest BCUT2D eigenvalue weighted by Crippen LogP contribution is 2.15. The van der Waals surface area contributed by atoms with Crippen LogP contribution < -0.4 is 10.6 Å². The standard InChI is InChI=1S/C21H22N4O3/c1-21(2,3)28-20(27)22-16-11-9-15(10-12-16)19(26)23-18-13-14-25(24-18)17-7-5-4-6-8-17/h4-14H,1-3H3,(H,22,27)(H,23,24,26). The van der Waals surface area contributed by atoms with Gasteiger partial charge in [0.2, 0.25) is 0 Å². The monoisotopic (exact) mass is 378 g/mol. The molecule has 0 aliphatic heterocycles. The highest BCUT2D eigenvalue weighted by Gasteiger charge is 2.16. The second kappa shape index (κ2) is 7.96. The molecule has 0 aliphatic rings. The molecule has 0 spiro atoms. The van der Waals surface area contributed by atoms with Crippen molar-refractivity contribution in [3.63, 3.8) is 0 Å². The number of nitrogens with zero attached hydrogens (tertiary/aromatic N) is 2. The first-order chi connectivity index (χ1) is 13.3. The van der Waals surface area contributed by atoms with Crippen LogP contribution in [-0.2, 0) is 4.74 Å². The molecule has 2 amide bonds. The molecule has 0 atom stereocenters. The summed E-state index contributed by atoms with van der Waals surface area (Å²) in [5.41, 5.74) is 1.32. The lowest BCUT2D eigenvalue weighted by molar-refractivity contribution is 0.0636. The van der Waals surface area contributed by atoms with E-state index in [2.05, 4.69) is 15.7 Å². The molecular weight excluding hydrogens is 356 g/mol. The number of amides is 2. The summed E-state index contributed by atoms with van der Waals surface area (Å²) in [6, 6.07) is 17.9. The number of carbonyl (C=O) groups excluding carboxylic acids is 2. The summed E-state index contributed by atoms with van der Waals surface area (Å²) < 4.78 is 6.88. The molecule has 7 nitrogen and oxygen atoms in total. The maximum atomic E-state index is 12.4. The van der Waals surface area contributed by atoms with Gasteiger partial charge in [-0.25, -0.2) is 9.48 Å². The van der Waals surface area contributed by atoms with Gasteiger partial charge in [0.05, 0.1) is 5.69 Å². The van der Waals surface area contributed by atoms with Crippen molar-refractivity contribution in [3.8, 4) is 5.69 Å². The highest BCUT2D eigenvalue weighted by atomic mass is 16.6. The fourth-order valence-corrected chi connectivity index (χ4v) is 2.43. The van der Waals surface area contributed by atoms with Gasteiger partial charge in [0.15, 0.2) is 5.82 Å². The van der Waals surface area contributed by atoms with E-state index in [1.165, 1.54) is 0 Å². The van der Waals surface area contributed by atoms with Crippen molar-refractivity contribution in [2.24, 2.45) is 0 Å². The lowest BCUT2D eigenvalue weighted by Gasteiger charge is -2.19. The van der Waals surface area contributed by atoms with Crippen LogP contribution in [0.4, 0.5) is 16.3 Å². The SMILES string of the molecule is CC(C)(C)OC(=O)Nc1ccc(C(=O)Nc2ccn(-c3ccccc3)n2)cc1. The average molecular weight is 378 g/mol. The zero-order valence-corrected chi connectivity index (χ0v) is 16.0. The van der Waals surface area contributed by atoms with E-state index in [-0.39, 0.29) is 5.91 Å². The van der Waals surface area contributed by atoms with Gasteiger partial charge in [0.25, 0.3) is 5.91 Å². The third kappa shape index (κ3) is 5.20. The van der Waals surface area contributed by atoms with Crippen molar-refractivity contribution in [2.45, 2.75) is 26.4 Å². The van der Waals surface area contributed by atoms with Gasteiger partial charge >= 0.3 is 6.09 Å². The molecule has 0 aliphatic carbocycles. The summed E-state index contributed by atoms with van der Waals surface area (Å²) in [6.45, 7) is 5.37. The van der Waals surface area contributed by atoms with E-state index in [1.807, 2.05) is 30.3 Å². The van der Waals surface area contributed by atoms with E-state index in [0.29, 0.717) is 17.1 Å². The van der Waals surface area contributed by atoms with E-state index in [1.54, 1.807) is 62.0 Å². The zero-order valence-electron chi connectivity index (χ0n) is 16.0. The molecule has 0 saturated heterocycles. The number of para-hydroxylation sites is 1. The first-order valence-electron chi connectivity index (χ1n) is 8.83. The van der Waals surface area contributed by atoms with E-state index >= 15 is 0 Å². The minimum absolute atomic E-state index is 0.290. The Labute approximate surface area is 163 Å². The maximum absolute atomic E-state index is 12.4. The van der Waals surface area contributed by atoms with Crippen LogP contribution in [0.1, 0.15) is 31.1 Å². The number of hydrogen-bond acceptors (Lipinski definition) is 4. The van der Waals surface area contributed by atoms with Gasteiger partial charge in [0, 0.05) is 23.5 Å². The zero-order chi connectivity index (χ0) is 20.1. The summed E-state index contributed by atoms with van der Waals surface area (Å²) in [4.78, 5) is 24.2. The molecule has 0 unspecified atom stereocenters. The van der Waals surface area contributed by atoms with Crippen molar-refractivity contribution in [1.29, 1.82) is 0 Å². The minimum Gasteiger partial charge on any atom is -0.444 e. The second-order valence-electron chi connectivity index (χ2n) is 7.14. The van der Waals surface area contributed by atoms with Crippen LogP contribution in [-0.4, -0.2) is 27.4 Å². The number of ether oxygens (including phenoxy) is 1. The smallest absolute Gasteiger partial charge is 0.412 e. The van der Waals surface area contributed by atoms with Gasteiger partial charge in [-0.2, -0.15) is 5.10 Å². The Bertz CT molecular complexity index is 957. The highest BCUT2D eigenvalue weighted by molar-refractivity contribution is 6.04. The number of aromatic nitrogens is 2. The van der Waals surface area contributed by atoms with Crippen LogP contribution in [0.15, 0.2) is 66.9 Å². The van der Waals surface area contributed by atoms with Crippen molar-refractivity contribution in [3.05, 3.63) is 72.4 Å². The molecule has 144 valence electrons. The van der Waals surface area contributed by atoms with Gasteiger partial charge in [-0.15, -0.1) is 0 Å². The Morgan fingerprint density at radius 1 is 0.929 bits per heavy atom. The van der Waals surface area contributed by atoms with Crippen molar-refractivity contribution in [2.75, 3.05) is 10.6 Å². The molecule has 1 aromatic heterocycles. The molecule has 1 heterocycles. The molecule has 7 heteroatoms. The normalized spacial score (nSPS) is 11.0. The predicted octanol–water partition coefficient (Wildman–Crippen LogP) is 4.47. The molecule has 2 aromatic carbocycles. The molecule has 3 rings (SSSR count). The summed E-state index contributed by atoms with van der Waals surface area (Å²) in [5, 5.41) is 9.73. The fraction of sp³-hybridized carbons (Fsp3) is 0.190. The summed E-state index contributed by atoms with van der Waals surface area (Å²) in [5.74, 6) is 0.159. The fourth-order valence-electron chi connectivity index (χ4n) is 2.43. The molecule has 0 saturated carbocycles. The minimum atomic E-state index is -0.576. The first kappa shape index (κ1) is 19.2. The number of carbonyl (C=O) groups is 2. The number of hydrogen-bond donors (Lipinski definition) is 2. The van der Waals surface area contributed by atoms with Crippen LogP contribution in [0.2, 0.25) is 0 Å². The van der Waals surface area contributed by atoms with Gasteiger partial charge in [-0.3, -0.25) is 10.1 Å². The van der Waals surface area contributed by atoms with E-state index in [4.69, 9.17) is 4.74 Å². The topological polar surface area (TPSA) is 85.2 Å². The summed E-state index contributed by atoms with van der Waals surface area (Å²) in [6.07, 6.45) is 1.23. The Morgan fingerprint density at radius 3 is 2.25 bits per heavy atom. The summed E-state index contributed by atoms with van der Waals surface area (Å²) in [7, 11) is 0. The maximum Gasteiger partial charge on any atom is 0.412 e. The number of benzene rings is 2. The van der Waals surface area contributed by atoms with Crippen LogP contribution in [0.3, 0.4) is 0 Å². The largest absolute Gasteiger partial charge is 0.444 e. The summed E-state index contributed by atoms with van der Waals surface area (Å²) >= 11 is 0. The number of rotatable bonds is 4. The first-order valence-corrected chi connectivity index (χ1v) is 8.83. The van der Waals surface area contributed by atoms with Gasteiger partial charge < -0.3 is 10.1 Å². The lowest BCUT2D eigenvalue weighted by Crippen LogP contribution is -2.27. The molecule has 0 fully saturated rings. The van der Waals surface area contributed by atoms with E-state index < -0.39 is 11.7 Å². The molecular formula is C21H22N4O3. The van der Waals surface area contributed by atoms with Gasteiger partial charge in [-0.1, -0.05) is 18.2 Å². The van der Waals surface area contributed by atoms with E-state index in [9.17, 15) is 9.59 Å². The second-order valence-corrected chi connectivity index (χ2v) is 7.14.